The Labute approximate surface area is 166 Å². The number of aryl methyl sites for hydroxylation is 2. The second kappa shape index (κ2) is 8.50. The van der Waals surface area contributed by atoms with Crippen LogP contribution in [0.2, 0.25) is 0 Å². The molecule has 0 atom stereocenters. The second-order valence-electron chi connectivity index (χ2n) is 7.27. The predicted octanol–water partition coefficient (Wildman–Crippen LogP) is 3.09. The summed E-state index contributed by atoms with van der Waals surface area (Å²) in [6.45, 7) is 6.55. The third-order valence-corrected chi connectivity index (χ3v) is 5.15. The van der Waals surface area contributed by atoms with E-state index in [0.717, 1.165) is 45.5 Å². The summed E-state index contributed by atoms with van der Waals surface area (Å²) < 4.78 is 6.10. The first-order valence-corrected chi connectivity index (χ1v) is 9.52. The van der Waals surface area contributed by atoms with Gasteiger partial charge in [-0.05, 0) is 62.1 Å². The first-order valence-electron chi connectivity index (χ1n) is 9.52. The molecule has 2 aromatic rings. The largest absolute Gasteiger partial charge is 0.489 e. The van der Waals surface area contributed by atoms with E-state index in [1.807, 2.05) is 25.1 Å². The summed E-state index contributed by atoms with van der Waals surface area (Å²) >= 11 is 0. The van der Waals surface area contributed by atoms with Gasteiger partial charge in [-0.25, -0.2) is 21.5 Å². The molecule has 0 unspecified atom stereocenters. The Bertz CT molecular complexity index is 847. The lowest BCUT2D eigenvalue weighted by molar-refractivity contribution is 0.216. The van der Waals surface area contributed by atoms with Gasteiger partial charge >= 0.3 is 6.03 Å². The van der Waals surface area contributed by atoms with Crippen LogP contribution in [0.5, 0.6) is 5.75 Å². The Kier molecular flexibility index (Phi) is 6.06. The summed E-state index contributed by atoms with van der Waals surface area (Å²) in [6, 6.07) is 11.4. The first kappa shape index (κ1) is 20.0. The minimum atomic E-state index is -0.502. The maximum absolute atomic E-state index is 12.2. The van der Waals surface area contributed by atoms with Crippen molar-refractivity contribution in [2.24, 2.45) is 11.7 Å². The lowest BCUT2D eigenvalue weighted by Crippen LogP contribution is -2.49. The van der Waals surface area contributed by atoms with Crippen LogP contribution in [-0.4, -0.2) is 31.2 Å². The summed E-state index contributed by atoms with van der Waals surface area (Å²) in [6.07, 6.45) is 2.50. The molecule has 0 spiro atoms. The number of nitrogens with zero attached hydrogens (tertiary/aromatic N) is 3. The fourth-order valence-corrected chi connectivity index (χ4v) is 3.49. The topological polar surface area (TPSA) is 88.1 Å². The van der Waals surface area contributed by atoms with Crippen LogP contribution in [0.15, 0.2) is 36.4 Å². The molecular weight excluding hydrogens is 354 g/mol. The van der Waals surface area contributed by atoms with Crippen LogP contribution in [0.25, 0.3) is 0 Å². The zero-order chi connectivity index (χ0) is 20.3. The van der Waals surface area contributed by atoms with Crippen LogP contribution in [0.4, 0.5) is 16.2 Å². The predicted molar refractivity (Wildman–Crippen MR) is 112 cm³/mol. The molecule has 2 aromatic carbocycles. The van der Waals surface area contributed by atoms with E-state index in [1.165, 1.54) is 25.6 Å². The molecule has 4 N–H and O–H groups in total. The third kappa shape index (κ3) is 4.21. The minimum Gasteiger partial charge on any atom is -0.489 e. The van der Waals surface area contributed by atoms with Crippen molar-refractivity contribution in [3.63, 3.8) is 0 Å². The Balaban J connectivity index is 1.78. The third-order valence-electron chi connectivity index (χ3n) is 5.15. The summed E-state index contributed by atoms with van der Waals surface area (Å²) in [5, 5.41) is 2.00. The van der Waals surface area contributed by atoms with E-state index in [0.29, 0.717) is 12.3 Å². The first-order chi connectivity index (χ1) is 13.4. The van der Waals surface area contributed by atoms with Gasteiger partial charge in [0.15, 0.2) is 0 Å². The average molecular weight is 383 g/mol. The Morgan fingerprint density at radius 1 is 1.11 bits per heavy atom. The Hall–Kier alpha value is -2.77. The minimum absolute atomic E-state index is 0.307. The van der Waals surface area contributed by atoms with Gasteiger partial charge in [0, 0.05) is 31.4 Å². The Morgan fingerprint density at radius 2 is 1.82 bits per heavy atom. The number of carbonyl (C=O) groups is 1. The molecule has 1 heterocycles. The molecule has 150 valence electrons. The average Bonchev–Trinajstić information content (AvgIpc) is 3.21. The molecular formula is C21H29N5O2. The van der Waals surface area contributed by atoms with Crippen LogP contribution in [0, 0.1) is 13.8 Å². The van der Waals surface area contributed by atoms with Crippen molar-refractivity contribution < 1.29 is 9.53 Å². The molecule has 1 fully saturated rings. The monoisotopic (exact) mass is 383 g/mol. The van der Waals surface area contributed by atoms with Crippen molar-refractivity contribution in [3.05, 3.63) is 53.1 Å². The zero-order valence-electron chi connectivity index (χ0n) is 16.8. The zero-order valence-corrected chi connectivity index (χ0v) is 16.8. The smallest absolute Gasteiger partial charge is 0.352 e. The normalized spacial score (nSPS) is 13.5. The van der Waals surface area contributed by atoms with Crippen molar-refractivity contribution in [1.82, 2.24) is 5.01 Å². The highest BCUT2D eigenvalue weighted by Crippen LogP contribution is 2.29. The molecule has 2 amide bonds. The van der Waals surface area contributed by atoms with Crippen LogP contribution < -0.4 is 26.3 Å². The van der Waals surface area contributed by atoms with Gasteiger partial charge in [0.1, 0.15) is 12.4 Å². The van der Waals surface area contributed by atoms with E-state index in [4.69, 9.17) is 16.4 Å². The number of nitrogens with two attached hydrogens (primary N) is 2. The highest BCUT2D eigenvalue weighted by atomic mass is 16.5. The van der Waals surface area contributed by atoms with Crippen molar-refractivity contribution >= 4 is 17.4 Å². The van der Waals surface area contributed by atoms with E-state index < -0.39 is 6.03 Å². The van der Waals surface area contributed by atoms with E-state index in [2.05, 4.69) is 24.0 Å². The lowest BCUT2D eigenvalue weighted by Gasteiger charge is -2.24. The molecule has 0 bridgehead atoms. The molecule has 1 aliphatic heterocycles. The molecule has 28 heavy (non-hydrogen) atoms. The van der Waals surface area contributed by atoms with Crippen molar-refractivity contribution in [3.8, 4) is 5.75 Å². The van der Waals surface area contributed by atoms with Gasteiger partial charge in [-0.3, -0.25) is 5.01 Å². The fourth-order valence-electron chi connectivity index (χ4n) is 3.49. The number of hydrazine groups is 2. The van der Waals surface area contributed by atoms with E-state index in [1.54, 1.807) is 6.07 Å². The van der Waals surface area contributed by atoms with Gasteiger partial charge in [-0.15, -0.1) is 0 Å². The van der Waals surface area contributed by atoms with Crippen LogP contribution in [0.1, 0.15) is 29.5 Å². The van der Waals surface area contributed by atoms with E-state index >= 15 is 0 Å². The van der Waals surface area contributed by atoms with Crippen molar-refractivity contribution in [2.45, 2.75) is 33.3 Å². The van der Waals surface area contributed by atoms with Crippen LogP contribution in [-0.2, 0) is 6.61 Å². The molecule has 1 aliphatic rings. The number of anilines is 2. The molecule has 1 saturated heterocycles. The second-order valence-corrected chi connectivity index (χ2v) is 7.27. The van der Waals surface area contributed by atoms with Crippen LogP contribution >= 0.6 is 0 Å². The Morgan fingerprint density at radius 3 is 2.46 bits per heavy atom. The van der Waals surface area contributed by atoms with Crippen molar-refractivity contribution in [2.75, 3.05) is 30.0 Å². The number of hydrogen-bond acceptors (Lipinski definition) is 5. The van der Waals surface area contributed by atoms with E-state index in [-0.39, 0.29) is 0 Å². The summed E-state index contributed by atoms with van der Waals surface area (Å²) in [4.78, 5) is 14.6. The summed E-state index contributed by atoms with van der Waals surface area (Å²) in [5.74, 6) is 12.4. The maximum Gasteiger partial charge on any atom is 0.352 e. The summed E-state index contributed by atoms with van der Waals surface area (Å²) in [7, 11) is 1.46. The number of rotatable bonds is 5. The highest BCUT2D eigenvalue weighted by Gasteiger charge is 2.19. The SMILES string of the molecule is Cc1cc(N2CCCC2)ccc1OCc1c(C)cccc1N(N)C(=O)N(C)N. The number of hydrogen-bond donors (Lipinski definition) is 2. The van der Waals surface area contributed by atoms with Gasteiger partial charge in [0.05, 0.1) is 5.69 Å². The number of urea groups is 1. The molecule has 0 saturated carbocycles. The number of ether oxygens (including phenoxy) is 1. The summed E-state index contributed by atoms with van der Waals surface area (Å²) in [5.41, 5.74) is 4.74. The number of amides is 2. The highest BCUT2D eigenvalue weighted by molar-refractivity contribution is 5.91. The molecule has 0 aliphatic carbocycles. The molecule has 3 rings (SSSR count). The van der Waals surface area contributed by atoms with Gasteiger partial charge in [0.25, 0.3) is 0 Å². The van der Waals surface area contributed by atoms with Gasteiger partial charge in [-0.2, -0.15) is 0 Å². The van der Waals surface area contributed by atoms with Crippen LogP contribution in [0.3, 0.4) is 0 Å². The fraction of sp³-hybridized carbons (Fsp3) is 0.381. The standard InChI is InChI=1S/C21H29N5O2/c1-15-7-6-8-19(26(23)21(27)24(3)22)18(15)14-28-20-10-9-17(13-16(20)2)25-11-4-5-12-25/h6-10,13H,4-5,11-12,14,22-23H2,1-3H3. The molecule has 7 heteroatoms. The van der Waals surface area contributed by atoms with Gasteiger partial charge < -0.3 is 9.64 Å². The quantitative estimate of drug-likeness (QED) is 0.471. The number of benzene rings is 2. The van der Waals surface area contributed by atoms with Gasteiger partial charge in [0.2, 0.25) is 0 Å². The maximum atomic E-state index is 12.2. The molecule has 0 radical (unpaired) electrons. The lowest BCUT2D eigenvalue weighted by atomic mass is 10.1. The van der Waals surface area contributed by atoms with Gasteiger partial charge in [-0.1, -0.05) is 12.1 Å². The molecule has 0 aromatic heterocycles. The van der Waals surface area contributed by atoms with E-state index in [9.17, 15) is 4.79 Å². The molecule has 7 nitrogen and oxygen atoms in total. The number of carbonyl (C=O) groups excluding carboxylic acids is 1. The van der Waals surface area contributed by atoms with Crippen molar-refractivity contribution in [1.29, 1.82) is 0 Å².